The van der Waals surface area contributed by atoms with Crippen LogP contribution in [0.1, 0.15) is 12.5 Å². The topological polar surface area (TPSA) is 334 Å². The number of aliphatic hydroxyl groups excluding tert-OH is 2. The number of nitrogens with two attached hydrogens (primary N) is 2. The number of aliphatic hydroxyl groups is 2. The van der Waals surface area contributed by atoms with E-state index in [1.807, 2.05) is 0 Å². The van der Waals surface area contributed by atoms with E-state index in [1.54, 1.807) is 0 Å². The Hall–Kier alpha value is -3.70. The number of hydrogen-bond acceptors (Lipinski definition) is 18. The van der Waals surface area contributed by atoms with Crippen molar-refractivity contribution in [3.05, 3.63) is 45.8 Å². The average molecular weight is 701 g/mol. The summed E-state index contributed by atoms with van der Waals surface area (Å²) in [5, 5.41) is 22.1. The number of aromatic nitrogens is 7. The molecule has 25 heteroatoms. The van der Waals surface area contributed by atoms with Gasteiger partial charge in [-0.1, -0.05) is 0 Å². The number of anilines is 2. The number of pyridine rings is 1. The molecule has 3 aliphatic heterocycles. The number of hydrogen-bond donors (Lipinski definition) is 7. The maximum Gasteiger partial charge on any atom is 0.472 e. The fraction of sp³-hybridized carbons (Fsp3) is 0.455. The molecule has 0 spiro atoms. The molecule has 7 rings (SSSR count). The summed E-state index contributed by atoms with van der Waals surface area (Å²) in [6.45, 7) is -1.78. The number of rotatable bonds is 2. The molecule has 0 radical (unpaired) electrons. The van der Waals surface area contributed by atoms with Crippen LogP contribution in [-0.4, -0.2) is 104 Å². The van der Waals surface area contributed by atoms with Crippen molar-refractivity contribution in [3.8, 4) is 0 Å². The molecule has 3 saturated heterocycles. The molecular formula is C22H25N9O14P2. The molecule has 23 nitrogen and oxygen atoms in total. The van der Waals surface area contributed by atoms with Crippen LogP contribution < -0.4 is 22.6 Å². The van der Waals surface area contributed by atoms with E-state index in [4.69, 9.17) is 39.0 Å². The van der Waals surface area contributed by atoms with Gasteiger partial charge in [0, 0.05) is 6.20 Å². The van der Waals surface area contributed by atoms with Gasteiger partial charge in [0.25, 0.3) is 11.1 Å². The van der Waals surface area contributed by atoms with Crippen LogP contribution >= 0.6 is 15.6 Å². The molecule has 3 fully saturated rings. The Balaban J connectivity index is 1.21. The van der Waals surface area contributed by atoms with Gasteiger partial charge in [0.2, 0.25) is 5.95 Å². The second-order valence-corrected chi connectivity index (χ2v) is 13.4. The summed E-state index contributed by atoms with van der Waals surface area (Å²) in [6.07, 6.45) is -8.90. The van der Waals surface area contributed by atoms with E-state index in [0.29, 0.717) is 0 Å². The van der Waals surface area contributed by atoms with E-state index in [-0.39, 0.29) is 33.7 Å². The molecule has 4 aromatic rings. The molecule has 7 heterocycles. The van der Waals surface area contributed by atoms with Gasteiger partial charge in [0.1, 0.15) is 48.5 Å². The minimum atomic E-state index is -5.17. The van der Waals surface area contributed by atoms with Crippen molar-refractivity contribution in [2.75, 3.05) is 24.7 Å². The molecule has 0 aromatic carbocycles. The lowest BCUT2D eigenvalue weighted by Crippen LogP contribution is -2.37. The first-order valence-corrected chi connectivity index (χ1v) is 16.5. The Bertz CT molecular complexity index is 2090. The Labute approximate surface area is 259 Å². The standard InChI is InChI=1S/C22H25N9O14P2/c23-8-2-25-1-7-11(8)26-6-31(19(7)35)20-14(33)15-10(43-20)4-41-47(38,39)45-16-13(32)9(3-40-46(36,37)44-15)42-21(16)30-5-27-12-17(30)28-22(24)29-18(12)34/h1-2,5-6,9-10,13-16,20-21,32-33H,3-4,23H2,(H,36,37)(H,38,39)(H3,24,28,29,34)/t9-,10-,13-,14-,15-,16-,20-,21-/m1/s1. The number of H-pyrrole nitrogens is 1. The highest BCUT2D eigenvalue weighted by Gasteiger charge is 2.54. The van der Waals surface area contributed by atoms with Crippen molar-refractivity contribution in [2.45, 2.75) is 49.1 Å². The molecule has 10 atom stereocenters. The molecule has 0 amide bonds. The van der Waals surface area contributed by atoms with Gasteiger partial charge in [0.15, 0.2) is 23.6 Å². The van der Waals surface area contributed by atoms with Crippen molar-refractivity contribution < 1.29 is 56.7 Å². The fourth-order valence-corrected chi connectivity index (χ4v) is 7.40. The Morgan fingerprint density at radius 1 is 0.851 bits per heavy atom. The second-order valence-electron chi connectivity index (χ2n) is 10.6. The smallest absolute Gasteiger partial charge is 0.396 e. The zero-order chi connectivity index (χ0) is 33.4. The van der Waals surface area contributed by atoms with Crippen LogP contribution in [0.3, 0.4) is 0 Å². The highest BCUT2D eigenvalue weighted by Crippen LogP contribution is 2.53. The van der Waals surface area contributed by atoms with Crippen molar-refractivity contribution in [2.24, 2.45) is 0 Å². The lowest BCUT2D eigenvalue weighted by Gasteiger charge is -2.25. The first-order chi connectivity index (χ1) is 22.2. The van der Waals surface area contributed by atoms with Crippen molar-refractivity contribution >= 4 is 49.3 Å². The Kier molecular flexibility index (Phi) is 7.78. The zero-order valence-electron chi connectivity index (χ0n) is 23.4. The Morgan fingerprint density at radius 2 is 1.49 bits per heavy atom. The maximum absolute atomic E-state index is 13.2. The van der Waals surface area contributed by atoms with Gasteiger partial charge in [-0.15, -0.1) is 0 Å². The number of imidazole rings is 1. The van der Waals surface area contributed by atoms with Crippen molar-refractivity contribution in [3.63, 3.8) is 0 Å². The Morgan fingerprint density at radius 3 is 2.23 bits per heavy atom. The van der Waals surface area contributed by atoms with Crippen molar-refractivity contribution in [1.82, 2.24) is 34.1 Å². The predicted molar refractivity (Wildman–Crippen MR) is 152 cm³/mol. The quantitative estimate of drug-likeness (QED) is 0.107. The molecule has 9 N–H and O–H groups in total. The summed E-state index contributed by atoms with van der Waals surface area (Å²) in [6, 6.07) is 0. The molecular weight excluding hydrogens is 676 g/mol. The lowest BCUT2D eigenvalue weighted by molar-refractivity contribution is -0.0681. The van der Waals surface area contributed by atoms with Gasteiger partial charge in [-0.2, -0.15) is 4.98 Å². The minimum absolute atomic E-state index is 0.0382. The summed E-state index contributed by atoms with van der Waals surface area (Å²) in [5.74, 6) is -0.300. The number of phosphoric acid groups is 2. The molecule has 3 aliphatic rings. The first-order valence-electron chi connectivity index (χ1n) is 13.5. The SMILES string of the molecule is Nc1nc2c(ncn2[C@@H]2O[C@@H]3COP(=O)(O)O[C@H]4[C@@H](O)[C@H](n5cnc6c(N)cncc6c5=O)O[C@@H]4COP(=O)(O)O[C@@H]2[C@@H]3O)c(=O)[nH]1. The zero-order valence-corrected chi connectivity index (χ0v) is 25.2. The molecule has 252 valence electrons. The number of aromatic amines is 1. The molecule has 0 saturated carbocycles. The molecule has 2 unspecified atom stereocenters. The van der Waals surface area contributed by atoms with Crippen molar-refractivity contribution in [1.29, 1.82) is 0 Å². The van der Waals surface area contributed by atoms with Crippen LogP contribution in [0.5, 0.6) is 0 Å². The highest BCUT2D eigenvalue weighted by atomic mass is 31.2. The van der Waals surface area contributed by atoms with E-state index >= 15 is 0 Å². The number of nitrogens with zero attached hydrogens (tertiary/aromatic N) is 6. The van der Waals surface area contributed by atoms with Gasteiger partial charge in [-0.25, -0.2) is 19.1 Å². The largest absolute Gasteiger partial charge is 0.472 e. The van der Waals surface area contributed by atoms with Gasteiger partial charge in [0.05, 0.1) is 36.8 Å². The molecule has 2 bridgehead atoms. The van der Waals surface area contributed by atoms with Crippen LogP contribution in [0.4, 0.5) is 11.6 Å². The lowest BCUT2D eigenvalue weighted by atomic mass is 10.1. The fourth-order valence-electron chi connectivity index (χ4n) is 5.50. The van der Waals surface area contributed by atoms with Crippen LogP contribution in [-0.2, 0) is 36.7 Å². The number of nitrogen functional groups attached to an aromatic ring is 2. The van der Waals surface area contributed by atoms with E-state index in [2.05, 4.69) is 24.9 Å². The van der Waals surface area contributed by atoms with Crippen LogP contribution in [0, 0.1) is 0 Å². The predicted octanol–water partition coefficient (Wildman–Crippen LogP) is -2.38. The summed E-state index contributed by atoms with van der Waals surface area (Å²) in [5.41, 5.74) is 9.89. The number of fused-ring (bicyclic) bond motifs is 5. The summed E-state index contributed by atoms with van der Waals surface area (Å²) in [4.78, 5) is 65.0. The second kappa shape index (κ2) is 11.5. The molecule has 47 heavy (non-hydrogen) atoms. The van der Waals surface area contributed by atoms with Crippen LogP contribution in [0.25, 0.3) is 22.1 Å². The van der Waals surface area contributed by atoms with E-state index in [1.165, 1.54) is 12.4 Å². The van der Waals surface area contributed by atoms with E-state index < -0.39 is 89.1 Å². The summed E-state index contributed by atoms with van der Waals surface area (Å²) >= 11 is 0. The molecule has 4 aromatic heterocycles. The number of phosphoric ester groups is 2. The monoisotopic (exact) mass is 701 g/mol. The average Bonchev–Trinajstić information content (AvgIpc) is 3.65. The third kappa shape index (κ3) is 5.65. The van der Waals surface area contributed by atoms with Crippen LogP contribution in [0.15, 0.2) is 34.6 Å². The van der Waals surface area contributed by atoms with Crippen LogP contribution in [0.2, 0.25) is 0 Å². The number of nitrogens with one attached hydrogen (secondary N) is 1. The minimum Gasteiger partial charge on any atom is -0.396 e. The summed E-state index contributed by atoms with van der Waals surface area (Å²) < 4.78 is 60.4. The summed E-state index contributed by atoms with van der Waals surface area (Å²) in [7, 11) is -10.3. The van der Waals surface area contributed by atoms with E-state index in [9.17, 15) is 38.7 Å². The maximum atomic E-state index is 13.2. The van der Waals surface area contributed by atoms with E-state index in [0.717, 1.165) is 21.8 Å². The first kappa shape index (κ1) is 31.9. The highest BCUT2D eigenvalue weighted by molar-refractivity contribution is 7.47. The van der Waals surface area contributed by atoms with Gasteiger partial charge >= 0.3 is 15.6 Å². The van der Waals surface area contributed by atoms with Gasteiger partial charge < -0.3 is 40.9 Å². The van der Waals surface area contributed by atoms with Gasteiger partial charge in [-0.3, -0.25) is 46.8 Å². The molecule has 0 aliphatic carbocycles. The normalized spacial score (nSPS) is 36.5. The third-order valence-electron chi connectivity index (χ3n) is 7.66. The van der Waals surface area contributed by atoms with Gasteiger partial charge in [-0.05, 0) is 0 Å². The number of ether oxygens (including phenoxy) is 2. The third-order valence-corrected chi connectivity index (χ3v) is 9.63.